The SMILES string of the molecule is CCC(CC)C(N)c1cccc(C)c1. The fourth-order valence-electron chi connectivity index (χ4n) is 1.95. The zero-order chi connectivity index (χ0) is 10.6. The Morgan fingerprint density at radius 3 is 2.36 bits per heavy atom. The van der Waals surface area contributed by atoms with Gasteiger partial charge in [-0.2, -0.15) is 0 Å². The van der Waals surface area contributed by atoms with E-state index in [-0.39, 0.29) is 6.04 Å². The van der Waals surface area contributed by atoms with Crippen molar-refractivity contribution in [1.29, 1.82) is 0 Å². The molecular weight excluding hydrogens is 170 g/mol. The lowest BCUT2D eigenvalue weighted by atomic mass is 9.89. The van der Waals surface area contributed by atoms with E-state index in [1.165, 1.54) is 11.1 Å². The monoisotopic (exact) mass is 191 g/mol. The molecule has 1 atom stereocenters. The summed E-state index contributed by atoms with van der Waals surface area (Å²) in [5, 5.41) is 0. The summed E-state index contributed by atoms with van der Waals surface area (Å²) >= 11 is 0. The molecule has 78 valence electrons. The lowest BCUT2D eigenvalue weighted by Gasteiger charge is -2.21. The van der Waals surface area contributed by atoms with Gasteiger partial charge in [-0.25, -0.2) is 0 Å². The van der Waals surface area contributed by atoms with Crippen molar-refractivity contribution in [1.82, 2.24) is 0 Å². The highest BCUT2D eigenvalue weighted by molar-refractivity contribution is 5.25. The van der Waals surface area contributed by atoms with Crippen molar-refractivity contribution in [3.8, 4) is 0 Å². The van der Waals surface area contributed by atoms with Gasteiger partial charge in [0.15, 0.2) is 0 Å². The summed E-state index contributed by atoms with van der Waals surface area (Å²) in [5.41, 5.74) is 8.80. The van der Waals surface area contributed by atoms with Crippen LogP contribution in [0.2, 0.25) is 0 Å². The van der Waals surface area contributed by atoms with Crippen molar-refractivity contribution >= 4 is 0 Å². The lowest BCUT2D eigenvalue weighted by Crippen LogP contribution is -2.20. The summed E-state index contributed by atoms with van der Waals surface area (Å²) in [6, 6.07) is 8.74. The van der Waals surface area contributed by atoms with Crippen LogP contribution in [-0.2, 0) is 0 Å². The minimum atomic E-state index is 0.199. The van der Waals surface area contributed by atoms with Crippen LogP contribution in [0.25, 0.3) is 0 Å². The average Bonchev–Trinajstić information content (AvgIpc) is 2.19. The number of aryl methyl sites for hydroxylation is 1. The Kier molecular flexibility index (Phi) is 4.15. The molecule has 14 heavy (non-hydrogen) atoms. The molecule has 1 aromatic rings. The molecule has 0 radical (unpaired) electrons. The van der Waals surface area contributed by atoms with Crippen LogP contribution in [0, 0.1) is 12.8 Å². The Hall–Kier alpha value is -0.820. The van der Waals surface area contributed by atoms with Crippen LogP contribution in [0.4, 0.5) is 0 Å². The summed E-state index contributed by atoms with van der Waals surface area (Å²) in [6.45, 7) is 6.54. The summed E-state index contributed by atoms with van der Waals surface area (Å²) in [5.74, 6) is 0.608. The minimum Gasteiger partial charge on any atom is -0.324 e. The molecule has 0 aliphatic heterocycles. The predicted octanol–water partition coefficient (Wildman–Crippen LogP) is 3.43. The Balaban J connectivity index is 2.82. The highest BCUT2D eigenvalue weighted by Crippen LogP contribution is 2.25. The van der Waals surface area contributed by atoms with E-state index in [1.807, 2.05) is 0 Å². The van der Waals surface area contributed by atoms with E-state index >= 15 is 0 Å². The third kappa shape index (κ3) is 2.58. The zero-order valence-electron chi connectivity index (χ0n) is 9.46. The summed E-state index contributed by atoms with van der Waals surface area (Å²) < 4.78 is 0. The predicted molar refractivity (Wildman–Crippen MR) is 62.2 cm³/mol. The van der Waals surface area contributed by atoms with Crippen molar-refractivity contribution in [3.63, 3.8) is 0 Å². The normalized spacial score (nSPS) is 13.2. The van der Waals surface area contributed by atoms with Gasteiger partial charge in [-0.15, -0.1) is 0 Å². The highest BCUT2D eigenvalue weighted by atomic mass is 14.6. The van der Waals surface area contributed by atoms with Crippen LogP contribution in [0.5, 0.6) is 0 Å². The maximum Gasteiger partial charge on any atom is 0.0323 e. The van der Waals surface area contributed by atoms with Crippen LogP contribution >= 0.6 is 0 Å². The van der Waals surface area contributed by atoms with E-state index in [1.54, 1.807) is 0 Å². The van der Waals surface area contributed by atoms with Crippen molar-refractivity contribution in [3.05, 3.63) is 35.4 Å². The number of nitrogens with two attached hydrogens (primary N) is 1. The van der Waals surface area contributed by atoms with Crippen molar-refractivity contribution in [2.75, 3.05) is 0 Å². The molecule has 2 N–H and O–H groups in total. The largest absolute Gasteiger partial charge is 0.324 e. The van der Waals surface area contributed by atoms with Gasteiger partial charge in [0.25, 0.3) is 0 Å². The smallest absolute Gasteiger partial charge is 0.0323 e. The molecular formula is C13H21N. The number of hydrogen-bond acceptors (Lipinski definition) is 1. The maximum atomic E-state index is 6.23. The zero-order valence-corrected chi connectivity index (χ0v) is 9.46. The summed E-state index contributed by atoms with van der Waals surface area (Å²) in [4.78, 5) is 0. The van der Waals surface area contributed by atoms with Gasteiger partial charge in [0.2, 0.25) is 0 Å². The Morgan fingerprint density at radius 1 is 1.21 bits per heavy atom. The number of benzene rings is 1. The van der Waals surface area contributed by atoms with Gasteiger partial charge < -0.3 is 5.73 Å². The second kappa shape index (κ2) is 5.16. The molecule has 0 bridgehead atoms. The molecule has 0 aromatic heterocycles. The van der Waals surface area contributed by atoms with Gasteiger partial charge in [-0.3, -0.25) is 0 Å². The minimum absolute atomic E-state index is 0.199. The van der Waals surface area contributed by atoms with Gasteiger partial charge in [0.05, 0.1) is 0 Å². The van der Waals surface area contributed by atoms with E-state index in [4.69, 9.17) is 5.73 Å². The third-order valence-corrected chi connectivity index (χ3v) is 2.98. The molecule has 0 aliphatic rings. The van der Waals surface area contributed by atoms with E-state index in [2.05, 4.69) is 45.0 Å². The van der Waals surface area contributed by atoms with Gasteiger partial charge in [0.1, 0.15) is 0 Å². The maximum absolute atomic E-state index is 6.23. The Labute approximate surface area is 87.3 Å². The molecule has 0 spiro atoms. The fourth-order valence-corrected chi connectivity index (χ4v) is 1.95. The van der Waals surface area contributed by atoms with Crippen LogP contribution < -0.4 is 5.73 Å². The van der Waals surface area contributed by atoms with Crippen LogP contribution in [-0.4, -0.2) is 0 Å². The van der Waals surface area contributed by atoms with Gasteiger partial charge in [0, 0.05) is 6.04 Å². The molecule has 1 rings (SSSR count). The third-order valence-electron chi connectivity index (χ3n) is 2.98. The van der Waals surface area contributed by atoms with E-state index in [0.29, 0.717) is 5.92 Å². The Morgan fingerprint density at radius 2 is 1.86 bits per heavy atom. The second-order valence-electron chi connectivity index (χ2n) is 4.02. The first-order valence-corrected chi connectivity index (χ1v) is 5.51. The van der Waals surface area contributed by atoms with Crippen LogP contribution in [0.1, 0.15) is 43.9 Å². The highest BCUT2D eigenvalue weighted by Gasteiger charge is 2.15. The molecule has 0 amide bonds. The first kappa shape index (κ1) is 11.3. The first-order valence-electron chi connectivity index (χ1n) is 5.51. The molecule has 1 nitrogen and oxygen atoms in total. The molecule has 0 saturated heterocycles. The molecule has 0 aliphatic carbocycles. The number of rotatable bonds is 4. The second-order valence-corrected chi connectivity index (χ2v) is 4.02. The quantitative estimate of drug-likeness (QED) is 0.775. The molecule has 0 fully saturated rings. The standard InChI is InChI=1S/C13H21N/c1-4-11(5-2)13(14)12-8-6-7-10(3)9-12/h6-9,11,13H,4-5,14H2,1-3H3. The van der Waals surface area contributed by atoms with Gasteiger partial charge >= 0.3 is 0 Å². The van der Waals surface area contributed by atoms with E-state index in [9.17, 15) is 0 Å². The topological polar surface area (TPSA) is 26.0 Å². The van der Waals surface area contributed by atoms with Crippen LogP contribution in [0.15, 0.2) is 24.3 Å². The summed E-state index contributed by atoms with van der Waals surface area (Å²) in [6.07, 6.45) is 2.32. The molecule has 1 heteroatoms. The molecule has 0 saturated carbocycles. The van der Waals surface area contributed by atoms with Gasteiger partial charge in [-0.1, -0.05) is 56.5 Å². The Bertz CT molecular complexity index is 276. The van der Waals surface area contributed by atoms with Crippen molar-refractivity contribution in [2.24, 2.45) is 11.7 Å². The number of hydrogen-bond donors (Lipinski definition) is 1. The fraction of sp³-hybridized carbons (Fsp3) is 0.538. The van der Waals surface area contributed by atoms with Crippen molar-refractivity contribution < 1.29 is 0 Å². The molecule has 0 heterocycles. The first-order chi connectivity index (χ1) is 6.69. The van der Waals surface area contributed by atoms with Gasteiger partial charge in [-0.05, 0) is 18.4 Å². The van der Waals surface area contributed by atoms with Crippen LogP contribution in [0.3, 0.4) is 0 Å². The molecule has 1 unspecified atom stereocenters. The molecule has 1 aromatic carbocycles. The summed E-state index contributed by atoms with van der Waals surface area (Å²) in [7, 11) is 0. The van der Waals surface area contributed by atoms with E-state index < -0.39 is 0 Å². The average molecular weight is 191 g/mol. The van der Waals surface area contributed by atoms with E-state index in [0.717, 1.165) is 12.8 Å². The lowest BCUT2D eigenvalue weighted by molar-refractivity contribution is 0.405. The van der Waals surface area contributed by atoms with Crippen molar-refractivity contribution in [2.45, 2.75) is 39.7 Å².